The first-order valence-corrected chi connectivity index (χ1v) is 11.5. The Kier molecular flexibility index (Phi) is 6.57. The van der Waals surface area contributed by atoms with Crippen LogP contribution in [0, 0.1) is 31.2 Å². The fourth-order valence-electron chi connectivity index (χ4n) is 3.15. The second-order valence-electron chi connectivity index (χ2n) is 7.01. The van der Waals surface area contributed by atoms with E-state index in [0.29, 0.717) is 11.4 Å². The van der Waals surface area contributed by atoms with Crippen LogP contribution in [0.2, 0.25) is 0 Å². The van der Waals surface area contributed by atoms with Crippen molar-refractivity contribution in [2.45, 2.75) is 13.5 Å². The zero-order valence-corrected chi connectivity index (χ0v) is 20.7. The summed E-state index contributed by atoms with van der Waals surface area (Å²) in [6.07, 6.45) is 1.81. The van der Waals surface area contributed by atoms with Gasteiger partial charge in [0.05, 0.1) is 23.7 Å². The van der Waals surface area contributed by atoms with Crippen LogP contribution in [-0.4, -0.2) is 9.97 Å². The molecule has 4 aromatic rings. The number of imidazole rings is 1. The molecular weight excluding hydrogens is 619 g/mol. The maximum atomic E-state index is 13.4. The van der Waals surface area contributed by atoms with E-state index in [0.717, 1.165) is 40.6 Å². The Morgan fingerprint density at radius 2 is 1.94 bits per heavy atom. The fourth-order valence-corrected chi connectivity index (χ4v) is 5.28. The molecule has 1 heterocycles. The number of aromatic amines is 1. The van der Waals surface area contributed by atoms with Crippen molar-refractivity contribution in [3.63, 3.8) is 0 Å². The monoisotopic (exact) mass is 635 g/mol. The first-order chi connectivity index (χ1) is 14.9. The third-order valence-corrected chi connectivity index (χ3v) is 6.22. The molecule has 31 heavy (non-hydrogen) atoms. The average Bonchev–Trinajstić information content (AvgIpc) is 3.14. The van der Waals surface area contributed by atoms with E-state index in [1.54, 1.807) is 6.07 Å². The Morgan fingerprint density at radius 3 is 2.65 bits per heavy atom. The molecule has 0 unspecified atom stereocenters. The number of hydrogen-bond donors (Lipinski definition) is 1. The number of hydrogen-bond acceptors (Lipinski definition) is 3. The van der Waals surface area contributed by atoms with Gasteiger partial charge in [0.15, 0.2) is 0 Å². The van der Waals surface area contributed by atoms with Crippen LogP contribution in [0.4, 0.5) is 4.39 Å². The minimum absolute atomic E-state index is 0.279. The number of aryl methyl sites for hydroxylation is 1. The second-order valence-corrected chi connectivity index (χ2v) is 9.33. The first-order valence-electron chi connectivity index (χ1n) is 9.38. The van der Waals surface area contributed by atoms with Crippen molar-refractivity contribution in [2.24, 2.45) is 0 Å². The van der Waals surface area contributed by atoms with Gasteiger partial charge in [0, 0.05) is 0 Å². The van der Waals surface area contributed by atoms with E-state index in [2.05, 4.69) is 61.2 Å². The zero-order chi connectivity index (χ0) is 22.0. The quantitative estimate of drug-likeness (QED) is 0.193. The summed E-state index contributed by atoms with van der Waals surface area (Å²) < 4.78 is 21.1. The van der Waals surface area contributed by atoms with Crippen molar-refractivity contribution in [1.82, 2.24) is 9.97 Å². The summed E-state index contributed by atoms with van der Waals surface area (Å²) >= 11 is 4.42. The lowest BCUT2D eigenvalue weighted by Gasteiger charge is -2.12. The molecule has 3 aromatic carbocycles. The molecule has 0 atom stereocenters. The molecule has 0 fully saturated rings. The predicted molar refractivity (Wildman–Crippen MR) is 137 cm³/mol. The highest BCUT2D eigenvalue weighted by molar-refractivity contribution is 14.1. The minimum atomic E-state index is -0.282. The Labute approximate surface area is 206 Å². The van der Waals surface area contributed by atoms with Crippen molar-refractivity contribution in [3.8, 4) is 11.8 Å². The number of nitrogens with one attached hydrogen (secondary N) is 1. The molecule has 0 aliphatic rings. The summed E-state index contributed by atoms with van der Waals surface area (Å²) in [6.45, 7) is 2.30. The summed E-state index contributed by atoms with van der Waals surface area (Å²) in [5, 5.41) is 9.71. The third kappa shape index (κ3) is 5.07. The molecule has 0 radical (unpaired) electrons. The van der Waals surface area contributed by atoms with Gasteiger partial charge >= 0.3 is 0 Å². The Morgan fingerprint density at radius 1 is 1.16 bits per heavy atom. The molecule has 0 aliphatic heterocycles. The molecule has 1 aromatic heterocycles. The second kappa shape index (κ2) is 9.36. The van der Waals surface area contributed by atoms with E-state index in [4.69, 9.17) is 4.74 Å². The summed E-state index contributed by atoms with van der Waals surface area (Å²) in [6, 6.07) is 18.5. The van der Waals surface area contributed by atoms with Gasteiger partial charge in [0.2, 0.25) is 0 Å². The van der Waals surface area contributed by atoms with Gasteiger partial charge in [-0.25, -0.2) is 9.37 Å². The molecule has 0 saturated heterocycles. The van der Waals surface area contributed by atoms with Gasteiger partial charge in [-0.2, -0.15) is 5.26 Å². The zero-order valence-electron chi connectivity index (χ0n) is 16.4. The number of ether oxygens (including phenoxy) is 1. The fraction of sp³-hybridized carbons (Fsp3) is 0.0833. The number of nitrogens with zero attached hydrogens (tertiary/aromatic N) is 2. The molecular formula is C24H16FI2N3O. The van der Waals surface area contributed by atoms with Crippen LogP contribution in [0.15, 0.2) is 54.6 Å². The van der Waals surface area contributed by atoms with Gasteiger partial charge in [-0.3, -0.25) is 0 Å². The van der Waals surface area contributed by atoms with E-state index in [9.17, 15) is 9.65 Å². The molecule has 0 spiro atoms. The van der Waals surface area contributed by atoms with E-state index in [-0.39, 0.29) is 12.4 Å². The van der Waals surface area contributed by atoms with Crippen molar-refractivity contribution in [3.05, 3.63) is 90.1 Å². The van der Waals surface area contributed by atoms with Crippen molar-refractivity contribution in [1.29, 1.82) is 5.26 Å². The Bertz CT molecular complexity index is 1330. The van der Waals surface area contributed by atoms with Crippen molar-refractivity contribution in [2.75, 3.05) is 0 Å². The van der Waals surface area contributed by atoms with Crippen molar-refractivity contribution >= 4 is 67.9 Å². The van der Waals surface area contributed by atoms with E-state index >= 15 is 0 Å². The highest BCUT2D eigenvalue weighted by Crippen LogP contribution is 2.31. The van der Waals surface area contributed by atoms with Crippen LogP contribution in [0.1, 0.15) is 22.5 Å². The standard InChI is InChI=1S/C24H16FI2N3O/c1-14-5-6-21-22(7-14)30-24(29-21)17(12-28)8-16-10-19(26)23(20(27)11-16)31-13-15-3-2-4-18(25)9-15/h2-11H,13H2,1H3,(H,29,30)/b17-8-. The summed E-state index contributed by atoms with van der Waals surface area (Å²) in [5.41, 5.74) is 4.95. The van der Waals surface area contributed by atoms with E-state index in [1.807, 2.05) is 49.4 Å². The van der Waals surface area contributed by atoms with Crippen LogP contribution >= 0.6 is 45.2 Å². The number of aromatic nitrogens is 2. The van der Waals surface area contributed by atoms with Crippen LogP contribution in [0.3, 0.4) is 0 Å². The smallest absolute Gasteiger partial charge is 0.149 e. The van der Waals surface area contributed by atoms with Gasteiger partial charge in [-0.05, 0) is 111 Å². The van der Waals surface area contributed by atoms with Crippen LogP contribution in [-0.2, 0) is 6.61 Å². The van der Waals surface area contributed by atoms with Crippen LogP contribution < -0.4 is 4.74 Å². The molecule has 4 nitrogen and oxygen atoms in total. The number of rotatable bonds is 5. The molecule has 1 N–H and O–H groups in total. The highest BCUT2D eigenvalue weighted by Gasteiger charge is 2.12. The lowest BCUT2D eigenvalue weighted by Crippen LogP contribution is -2.00. The van der Waals surface area contributed by atoms with Crippen molar-refractivity contribution < 1.29 is 9.13 Å². The van der Waals surface area contributed by atoms with Gasteiger partial charge in [-0.15, -0.1) is 0 Å². The first kappa shape index (κ1) is 21.8. The molecule has 0 bridgehead atoms. The normalized spacial score (nSPS) is 11.5. The molecule has 0 aliphatic carbocycles. The predicted octanol–water partition coefficient (Wildman–Crippen LogP) is 6.86. The maximum absolute atomic E-state index is 13.4. The molecule has 154 valence electrons. The SMILES string of the molecule is Cc1ccc2nc(/C(C#N)=C\c3cc(I)c(OCc4cccc(F)c4)c(I)c3)[nH]c2c1. The number of halogens is 3. The number of allylic oxidation sites excluding steroid dienone is 1. The van der Waals surface area contributed by atoms with E-state index < -0.39 is 0 Å². The lowest BCUT2D eigenvalue weighted by molar-refractivity contribution is 0.301. The minimum Gasteiger partial charge on any atom is -0.487 e. The molecule has 0 amide bonds. The summed E-state index contributed by atoms with van der Waals surface area (Å²) in [5.74, 6) is 0.996. The largest absolute Gasteiger partial charge is 0.487 e. The summed E-state index contributed by atoms with van der Waals surface area (Å²) in [4.78, 5) is 7.78. The lowest BCUT2D eigenvalue weighted by atomic mass is 10.1. The van der Waals surface area contributed by atoms with Crippen LogP contribution in [0.5, 0.6) is 5.75 Å². The third-order valence-electron chi connectivity index (χ3n) is 4.62. The summed E-state index contributed by atoms with van der Waals surface area (Å²) in [7, 11) is 0. The number of nitriles is 1. The number of benzene rings is 3. The highest BCUT2D eigenvalue weighted by atomic mass is 127. The van der Waals surface area contributed by atoms with Crippen LogP contribution in [0.25, 0.3) is 22.7 Å². The van der Waals surface area contributed by atoms with Gasteiger partial charge < -0.3 is 9.72 Å². The van der Waals surface area contributed by atoms with Gasteiger partial charge in [-0.1, -0.05) is 18.2 Å². The Hall–Kier alpha value is -2.45. The topological polar surface area (TPSA) is 61.7 Å². The molecule has 4 rings (SSSR count). The van der Waals surface area contributed by atoms with Gasteiger partial charge in [0.25, 0.3) is 0 Å². The number of fused-ring (bicyclic) bond motifs is 1. The van der Waals surface area contributed by atoms with Gasteiger partial charge in [0.1, 0.15) is 30.1 Å². The molecule has 7 heteroatoms. The average molecular weight is 635 g/mol. The van der Waals surface area contributed by atoms with E-state index in [1.165, 1.54) is 12.1 Å². The maximum Gasteiger partial charge on any atom is 0.149 e. The number of H-pyrrole nitrogens is 1. The Balaban J connectivity index is 1.61. The molecule has 0 saturated carbocycles.